The van der Waals surface area contributed by atoms with Crippen LogP contribution in [0, 0.1) is 18.3 Å². The first-order chi connectivity index (χ1) is 8.61. The number of anilines is 2. The van der Waals surface area contributed by atoms with Crippen LogP contribution in [0.25, 0.3) is 0 Å². The lowest BCUT2D eigenvalue weighted by Crippen LogP contribution is -1.98. The molecule has 1 heterocycles. The van der Waals surface area contributed by atoms with Crippen LogP contribution in [-0.2, 0) is 0 Å². The predicted octanol–water partition coefficient (Wildman–Crippen LogP) is 3.27. The van der Waals surface area contributed by atoms with Crippen molar-refractivity contribution in [3.63, 3.8) is 0 Å². The number of carbonyl (C=O) groups excluding carboxylic acids is 1. The Morgan fingerprint density at radius 3 is 2.61 bits per heavy atom. The highest BCUT2D eigenvalue weighted by Crippen LogP contribution is 2.28. The van der Waals surface area contributed by atoms with Gasteiger partial charge in [-0.2, -0.15) is 9.64 Å². The van der Waals surface area contributed by atoms with E-state index in [0.717, 1.165) is 16.4 Å². The van der Waals surface area contributed by atoms with Gasteiger partial charge < -0.3 is 5.32 Å². The molecule has 0 amide bonds. The van der Waals surface area contributed by atoms with E-state index in [1.165, 1.54) is 18.5 Å². The van der Waals surface area contributed by atoms with E-state index in [9.17, 15) is 4.79 Å². The number of carbonyl (C=O) groups is 1. The SMILES string of the molecule is CC(=O)c1c(C)nsc1Nc1ccc(C#N)cc1. The molecule has 5 heteroatoms. The molecule has 0 aliphatic heterocycles. The van der Waals surface area contributed by atoms with Crippen LogP contribution in [0.4, 0.5) is 10.7 Å². The third kappa shape index (κ3) is 2.39. The van der Waals surface area contributed by atoms with Gasteiger partial charge in [0, 0.05) is 5.69 Å². The highest BCUT2D eigenvalue weighted by molar-refractivity contribution is 7.10. The third-order valence-corrected chi connectivity index (χ3v) is 3.34. The molecule has 1 aromatic carbocycles. The van der Waals surface area contributed by atoms with Gasteiger partial charge in [-0.05, 0) is 49.6 Å². The molecule has 18 heavy (non-hydrogen) atoms. The molecule has 0 unspecified atom stereocenters. The molecule has 0 fully saturated rings. The minimum atomic E-state index is -0.00241. The van der Waals surface area contributed by atoms with E-state index in [0.29, 0.717) is 11.1 Å². The van der Waals surface area contributed by atoms with Crippen LogP contribution in [-0.4, -0.2) is 10.2 Å². The Hall–Kier alpha value is -2.19. The number of Topliss-reactive ketones (excluding diaryl/α,β-unsaturated/α-hetero) is 1. The Bertz CT molecular complexity index is 623. The normalized spacial score (nSPS) is 9.83. The molecule has 4 nitrogen and oxygen atoms in total. The van der Waals surface area contributed by atoms with Crippen molar-refractivity contribution in [3.05, 3.63) is 41.1 Å². The first-order valence-electron chi connectivity index (χ1n) is 5.36. The number of nitrogens with one attached hydrogen (secondary N) is 1. The van der Waals surface area contributed by atoms with Crippen molar-refractivity contribution in [2.24, 2.45) is 0 Å². The van der Waals surface area contributed by atoms with Crippen molar-refractivity contribution in [2.45, 2.75) is 13.8 Å². The van der Waals surface area contributed by atoms with Gasteiger partial charge >= 0.3 is 0 Å². The Kier molecular flexibility index (Phi) is 3.40. The standard InChI is InChI=1S/C13H11N3OS/c1-8-12(9(2)17)13(18-16-8)15-11-5-3-10(7-14)4-6-11/h3-6,15H,1-2H3. The van der Waals surface area contributed by atoms with Crippen LogP contribution in [0.1, 0.15) is 28.5 Å². The maximum atomic E-state index is 11.5. The van der Waals surface area contributed by atoms with Crippen LogP contribution in [0.15, 0.2) is 24.3 Å². The van der Waals surface area contributed by atoms with Crippen molar-refractivity contribution < 1.29 is 4.79 Å². The molecular weight excluding hydrogens is 246 g/mol. The highest BCUT2D eigenvalue weighted by Gasteiger charge is 2.14. The quantitative estimate of drug-likeness (QED) is 0.857. The van der Waals surface area contributed by atoms with Crippen LogP contribution in [0.2, 0.25) is 0 Å². The summed E-state index contributed by atoms with van der Waals surface area (Å²) in [5.41, 5.74) is 2.81. The maximum absolute atomic E-state index is 11.5. The molecule has 0 saturated carbocycles. The summed E-state index contributed by atoms with van der Waals surface area (Å²) in [4.78, 5) is 11.5. The zero-order valence-electron chi connectivity index (χ0n) is 10.0. The smallest absolute Gasteiger partial charge is 0.164 e. The zero-order chi connectivity index (χ0) is 13.1. The Labute approximate surface area is 109 Å². The summed E-state index contributed by atoms with van der Waals surface area (Å²) < 4.78 is 4.17. The zero-order valence-corrected chi connectivity index (χ0v) is 10.8. The molecule has 0 atom stereocenters. The van der Waals surface area contributed by atoms with Gasteiger partial charge in [0.05, 0.1) is 22.9 Å². The lowest BCUT2D eigenvalue weighted by molar-refractivity contribution is 0.101. The van der Waals surface area contributed by atoms with E-state index in [2.05, 4.69) is 15.8 Å². The number of aryl methyl sites for hydroxylation is 1. The molecule has 0 radical (unpaired) electrons. The summed E-state index contributed by atoms with van der Waals surface area (Å²) in [6.45, 7) is 3.35. The van der Waals surface area contributed by atoms with Gasteiger partial charge in [0.25, 0.3) is 0 Å². The minimum absolute atomic E-state index is 0.00241. The molecule has 90 valence electrons. The van der Waals surface area contributed by atoms with Gasteiger partial charge in [-0.15, -0.1) is 0 Å². The molecule has 1 N–H and O–H groups in total. The molecule has 1 aromatic heterocycles. The summed E-state index contributed by atoms with van der Waals surface area (Å²) in [5, 5.41) is 12.6. The van der Waals surface area contributed by atoms with Gasteiger partial charge in [0.1, 0.15) is 5.00 Å². The monoisotopic (exact) mass is 257 g/mol. The summed E-state index contributed by atoms with van der Waals surface area (Å²) in [7, 11) is 0. The lowest BCUT2D eigenvalue weighted by Gasteiger charge is -2.05. The van der Waals surface area contributed by atoms with E-state index in [4.69, 9.17) is 5.26 Å². The van der Waals surface area contributed by atoms with Crippen molar-refractivity contribution in [1.82, 2.24) is 4.37 Å². The van der Waals surface area contributed by atoms with Gasteiger partial charge in [0.15, 0.2) is 5.78 Å². The first-order valence-corrected chi connectivity index (χ1v) is 6.13. The summed E-state index contributed by atoms with van der Waals surface area (Å²) >= 11 is 1.26. The van der Waals surface area contributed by atoms with Crippen molar-refractivity contribution in [2.75, 3.05) is 5.32 Å². The van der Waals surface area contributed by atoms with Crippen LogP contribution in [0.5, 0.6) is 0 Å². The van der Waals surface area contributed by atoms with Crippen LogP contribution >= 0.6 is 11.5 Å². The summed E-state index contributed by atoms with van der Waals surface area (Å²) in [6.07, 6.45) is 0. The van der Waals surface area contributed by atoms with Gasteiger partial charge in [-0.3, -0.25) is 4.79 Å². The Balaban J connectivity index is 2.29. The topological polar surface area (TPSA) is 65.8 Å². The first kappa shape index (κ1) is 12.3. The molecule has 0 saturated heterocycles. The Morgan fingerprint density at radius 1 is 1.39 bits per heavy atom. The van der Waals surface area contributed by atoms with Gasteiger partial charge in [0.2, 0.25) is 0 Å². The maximum Gasteiger partial charge on any atom is 0.164 e. The largest absolute Gasteiger partial charge is 0.345 e. The average molecular weight is 257 g/mol. The van der Waals surface area contributed by atoms with E-state index in [1.807, 2.05) is 6.92 Å². The molecule has 2 rings (SSSR count). The second-order valence-corrected chi connectivity index (χ2v) is 4.62. The number of aromatic nitrogens is 1. The second-order valence-electron chi connectivity index (χ2n) is 3.84. The fourth-order valence-electron chi connectivity index (χ4n) is 1.63. The van der Waals surface area contributed by atoms with E-state index < -0.39 is 0 Å². The van der Waals surface area contributed by atoms with E-state index >= 15 is 0 Å². The number of rotatable bonds is 3. The molecule has 2 aromatic rings. The summed E-state index contributed by atoms with van der Waals surface area (Å²) in [5.74, 6) is -0.00241. The van der Waals surface area contributed by atoms with E-state index in [-0.39, 0.29) is 5.78 Å². The van der Waals surface area contributed by atoms with Crippen molar-refractivity contribution in [3.8, 4) is 6.07 Å². The average Bonchev–Trinajstić information content (AvgIpc) is 2.71. The van der Waals surface area contributed by atoms with Gasteiger partial charge in [-0.25, -0.2) is 0 Å². The number of ketones is 1. The van der Waals surface area contributed by atoms with E-state index in [1.54, 1.807) is 24.3 Å². The van der Waals surface area contributed by atoms with Crippen molar-refractivity contribution in [1.29, 1.82) is 5.26 Å². The number of nitriles is 1. The molecule has 0 bridgehead atoms. The Morgan fingerprint density at radius 2 is 2.06 bits per heavy atom. The van der Waals surface area contributed by atoms with Crippen LogP contribution in [0.3, 0.4) is 0 Å². The lowest BCUT2D eigenvalue weighted by atomic mass is 10.1. The highest BCUT2D eigenvalue weighted by atomic mass is 32.1. The second kappa shape index (κ2) is 4.98. The number of hydrogen-bond donors (Lipinski definition) is 1. The predicted molar refractivity (Wildman–Crippen MR) is 71.3 cm³/mol. The van der Waals surface area contributed by atoms with Crippen molar-refractivity contribution >= 4 is 28.0 Å². The third-order valence-electron chi connectivity index (χ3n) is 2.49. The minimum Gasteiger partial charge on any atom is -0.345 e. The number of benzene rings is 1. The molecule has 0 aliphatic carbocycles. The molecule has 0 spiro atoms. The summed E-state index contributed by atoms with van der Waals surface area (Å²) in [6, 6.07) is 9.12. The fraction of sp³-hybridized carbons (Fsp3) is 0.154. The van der Waals surface area contributed by atoms with Gasteiger partial charge in [-0.1, -0.05) is 0 Å². The molecule has 0 aliphatic rings. The number of hydrogen-bond acceptors (Lipinski definition) is 5. The fourth-order valence-corrected chi connectivity index (χ4v) is 2.49. The van der Waals surface area contributed by atoms with Crippen LogP contribution < -0.4 is 5.32 Å². The molecular formula is C13H11N3OS. The number of nitrogens with zero attached hydrogens (tertiary/aromatic N) is 2.